The minimum Gasteiger partial charge on any atom is -0.445 e. The van der Waals surface area contributed by atoms with Crippen LogP contribution in [0.4, 0.5) is 4.79 Å². The molecule has 26 heavy (non-hydrogen) atoms. The van der Waals surface area contributed by atoms with Gasteiger partial charge in [0.15, 0.2) is 0 Å². The summed E-state index contributed by atoms with van der Waals surface area (Å²) >= 11 is 1.13. The van der Waals surface area contributed by atoms with Crippen LogP contribution < -0.4 is 9.86 Å². The van der Waals surface area contributed by atoms with E-state index in [1.807, 2.05) is 6.07 Å². The van der Waals surface area contributed by atoms with Crippen LogP contribution in [0.2, 0.25) is 0 Å². The van der Waals surface area contributed by atoms with Crippen LogP contribution in [0.5, 0.6) is 0 Å². The van der Waals surface area contributed by atoms with Gasteiger partial charge in [-0.25, -0.2) is 14.7 Å². The maximum atomic E-state index is 12.4. The van der Waals surface area contributed by atoms with Gasteiger partial charge in [0.2, 0.25) is 5.12 Å². The fourth-order valence-corrected chi connectivity index (χ4v) is 4.15. The van der Waals surface area contributed by atoms with Gasteiger partial charge in [0, 0.05) is 29.9 Å². The highest BCUT2D eigenvalue weighted by Crippen LogP contribution is 2.30. The van der Waals surface area contributed by atoms with Gasteiger partial charge in [-0.05, 0) is 6.42 Å². The summed E-state index contributed by atoms with van der Waals surface area (Å²) in [5, 5.41) is 4.68. The summed E-state index contributed by atoms with van der Waals surface area (Å²) in [7, 11) is -3.88. The second-order valence-electron chi connectivity index (χ2n) is 5.69. The van der Waals surface area contributed by atoms with Crippen LogP contribution in [0.1, 0.15) is 16.8 Å². The Labute approximate surface area is 156 Å². The molecule has 1 aromatic carbocycles. The van der Waals surface area contributed by atoms with Crippen LogP contribution >= 0.6 is 11.8 Å². The summed E-state index contributed by atoms with van der Waals surface area (Å²) in [6, 6.07) is 8.37. The summed E-state index contributed by atoms with van der Waals surface area (Å²) < 4.78 is 29.5. The van der Waals surface area contributed by atoms with Gasteiger partial charge in [-0.2, -0.15) is 8.42 Å². The Hall–Kier alpha value is -1.88. The molecular weight excluding hydrogens is 378 g/mol. The summed E-state index contributed by atoms with van der Waals surface area (Å²) in [5.74, 6) is 0. The zero-order valence-electron chi connectivity index (χ0n) is 14.0. The molecule has 1 aromatic rings. The Balaban J connectivity index is 2.04. The van der Waals surface area contributed by atoms with Gasteiger partial charge in [0.25, 0.3) is 10.2 Å². The molecule has 0 aliphatic carbocycles. The predicted octanol–water partition coefficient (Wildman–Crippen LogP) is 1.12. The third-order valence-corrected chi connectivity index (χ3v) is 5.43. The number of hydrogen-bond acceptors (Lipinski definition) is 6. The summed E-state index contributed by atoms with van der Waals surface area (Å²) in [4.78, 5) is 26.0. The SMILES string of the molecule is C=CCOC(=O)N1C[C@@H](SC(=O)c2ccccc2)C[C@H]1CNS(N)(=O)=O. The van der Waals surface area contributed by atoms with E-state index in [-0.39, 0.29) is 30.1 Å². The fourth-order valence-electron chi connectivity index (χ4n) is 2.60. The molecule has 2 atom stereocenters. The van der Waals surface area contributed by atoms with Crippen LogP contribution in [-0.4, -0.2) is 55.5 Å². The topological polar surface area (TPSA) is 119 Å². The lowest BCUT2D eigenvalue weighted by Gasteiger charge is -2.23. The lowest BCUT2D eigenvalue weighted by molar-refractivity contribution is 0.107. The van der Waals surface area contributed by atoms with Crippen molar-refractivity contribution in [3.8, 4) is 0 Å². The summed E-state index contributed by atoms with van der Waals surface area (Å²) in [6.45, 7) is 3.76. The smallest absolute Gasteiger partial charge is 0.410 e. The first-order valence-corrected chi connectivity index (χ1v) is 10.3. The minimum atomic E-state index is -3.88. The van der Waals surface area contributed by atoms with Crippen molar-refractivity contribution in [2.45, 2.75) is 17.7 Å². The van der Waals surface area contributed by atoms with Crippen LogP contribution in [0.25, 0.3) is 0 Å². The molecule has 1 amide bonds. The van der Waals surface area contributed by atoms with Crippen molar-refractivity contribution in [1.82, 2.24) is 9.62 Å². The second kappa shape index (κ2) is 9.17. The van der Waals surface area contributed by atoms with E-state index in [2.05, 4.69) is 11.3 Å². The van der Waals surface area contributed by atoms with Gasteiger partial charge >= 0.3 is 6.09 Å². The molecule has 1 aliphatic rings. The highest BCUT2D eigenvalue weighted by atomic mass is 32.2. The number of nitrogens with one attached hydrogen (secondary N) is 1. The summed E-state index contributed by atoms with van der Waals surface area (Å²) in [6.07, 6.45) is 1.30. The van der Waals surface area contributed by atoms with Gasteiger partial charge in [-0.1, -0.05) is 54.7 Å². The Morgan fingerprint density at radius 2 is 2.08 bits per heavy atom. The van der Waals surface area contributed by atoms with E-state index in [4.69, 9.17) is 9.88 Å². The Morgan fingerprint density at radius 1 is 1.38 bits per heavy atom. The van der Waals surface area contributed by atoms with Crippen molar-refractivity contribution < 1.29 is 22.7 Å². The van der Waals surface area contributed by atoms with E-state index < -0.39 is 22.3 Å². The average molecular weight is 399 g/mol. The predicted molar refractivity (Wildman–Crippen MR) is 99.9 cm³/mol. The van der Waals surface area contributed by atoms with Crippen molar-refractivity contribution >= 4 is 33.2 Å². The molecule has 1 heterocycles. The number of benzene rings is 1. The van der Waals surface area contributed by atoms with Crippen molar-refractivity contribution in [3.63, 3.8) is 0 Å². The molecule has 1 fully saturated rings. The first-order chi connectivity index (χ1) is 12.3. The number of ether oxygens (including phenoxy) is 1. The van der Waals surface area contributed by atoms with E-state index in [9.17, 15) is 18.0 Å². The number of hydrogen-bond donors (Lipinski definition) is 2. The molecule has 1 saturated heterocycles. The Bertz CT molecular complexity index is 754. The van der Waals surface area contributed by atoms with Gasteiger partial charge in [-0.3, -0.25) is 4.79 Å². The van der Waals surface area contributed by atoms with E-state index in [0.29, 0.717) is 12.0 Å². The number of nitrogens with zero attached hydrogens (tertiary/aromatic N) is 1. The monoisotopic (exact) mass is 399 g/mol. The number of thioether (sulfide) groups is 1. The molecule has 8 nitrogen and oxygen atoms in total. The lowest BCUT2D eigenvalue weighted by atomic mass is 10.2. The zero-order valence-corrected chi connectivity index (χ0v) is 15.7. The number of amides is 1. The number of likely N-dealkylation sites (tertiary alicyclic amines) is 1. The highest BCUT2D eigenvalue weighted by molar-refractivity contribution is 8.14. The van der Waals surface area contributed by atoms with Gasteiger partial charge < -0.3 is 9.64 Å². The van der Waals surface area contributed by atoms with Gasteiger partial charge in [0.1, 0.15) is 6.61 Å². The molecule has 2 rings (SSSR count). The van der Waals surface area contributed by atoms with E-state index >= 15 is 0 Å². The van der Waals surface area contributed by atoms with Crippen molar-refractivity contribution in [2.75, 3.05) is 19.7 Å². The molecule has 0 spiro atoms. The standard InChI is InChI=1S/C16H21N3O5S2/c1-2-8-24-16(21)19-11-14(9-13(19)10-18-26(17,22)23)25-15(20)12-6-4-3-5-7-12/h2-7,13-14,18H,1,8-11H2,(H2,17,22,23)/t13-,14-/m0/s1. The number of carbonyl (C=O) groups is 2. The number of rotatable bonds is 7. The number of nitrogens with two attached hydrogens (primary N) is 1. The molecule has 0 saturated carbocycles. The highest BCUT2D eigenvalue weighted by Gasteiger charge is 2.37. The van der Waals surface area contributed by atoms with Crippen molar-refractivity contribution in [1.29, 1.82) is 0 Å². The molecule has 0 unspecified atom stereocenters. The normalized spacial score (nSPS) is 20.0. The Kier molecular flexibility index (Phi) is 7.21. The molecule has 0 aromatic heterocycles. The third-order valence-electron chi connectivity index (χ3n) is 3.74. The van der Waals surface area contributed by atoms with Crippen LogP contribution in [0.3, 0.4) is 0 Å². The van der Waals surface area contributed by atoms with Crippen LogP contribution in [0, 0.1) is 0 Å². The quantitative estimate of drug-likeness (QED) is 0.663. The second-order valence-corrected chi connectivity index (χ2v) is 8.35. The van der Waals surface area contributed by atoms with Gasteiger partial charge in [-0.15, -0.1) is 0 Å². The van der Waals surface area contributed by atoms with E-state index in [0.717, 1.165) is 11.8 Å². The molecule has 0 bridgehead atoms. The summed E-state index contributed by atoms with van der Waals surface area (Å²) in [5.41, 5.74) is 0.574. The van der Waals surface area contributed by atoms with E-state index in [1.165, 1.54) is 11.0 Å². The molecule has 1 aliphatic heterocycles. The molecule has 0 radical (unpaired) electrons. The largest absolute Gasteiger partial charge is 0.445 e. The first kappa shape index (κ1) is 20.4. The van der Waals surface area contributed by atoms with Crippen LogP contribution in [0.15, 0.2) is 43.0 Å². The minimum absolute atomic E-state index is 0.0430. The number of carbonyl (C=O) groups excluding carboxylic acids is 2. The van der Waals surface area contributed by atoms with Gasteiger partial charge in [0.05, 0.1) is 0 Å². The molecule has 142 valence electrons. The average Bonchev–Trinajstić information content (AvgIpc) is 3.01. The van der Waals surface area contributed by atoms with E-state index in [1.54, 1.807) is 24.3 Å². The maximum Gasteiger partial charge on any atom is 0.410 e. The Morgan fingerprint density at radius 3 is 2.69 bits per heavy atom. The lowest BCUT2D eigenvalue weighted by Crippen LogP contribution is -2.44. The van der Waals surface area contributed by atoms with Crippen LogP contribution in [-0.2, 0) is 14.9 Å². The fraction of sp³-hybridized carbons (Fsp3) is 0.375. The molecule has 10 heteroatoms. The zero-order chi connectivity index (χ0) is 19.2. The molecular formula is C16H21N3O5S2. The first-order valence-electron chi connectivity index (χ1n) is 7.88. The van der Waals surface area contributed by atoms with Crippen molar-refractivity contribution in [2.24, 2.45) is 5.14 Å². The van der Waals surface area contributed by atoms with Crippen molar-refractivity contribution in [3.05, 3.63) is 48.6 Å². The molecule has 3 N–H and O–H groups in total. The third kappa shape index (κ3) is 6.13. The maximum absolute atomic E-state index is 12.4.